The van der Waals surface area contributed by atoms with Crippen molar-refractivity contribution >= 4 is 17.5 Å². The largest absolute Gasteiger partial charge is 0.350 e. The summed E-state index contributed by atoms with van der Waals surface area (Å²) in [6.45, 7) is 5.77. The van der Waals surface area contributed by atoms with E-state index in [9.17, 15) is 9.59 Å². The van der Waals surface area contributed by atoms with E-state index in [4.69, 9.17) is 0 Å². The average Bonchev–Trinajstić information content (AvgIpc) is 2.52. The Morgan fingerprint density at radius 1 is 1.09 bits per heavy atom. The first kappa shape index (κ1) is 16.7. The molecule has 0 radical (unpaired) electrons. The van der Waals surface area contributed by atoms with E-state index in [-0.39, 0.29) is 18.4 Å². The van der Waals surface area contributed by atoms with Gasteiger partial charge in [0, 0.05) is 25.9 Å². The molecule has 1 aromatic carbocycles. The Kier molecular flexibility index (Phi) is 5.46. The van der Waals surface area contributed by atoms with Gasteiger partial charge in [-0.3, -0.25) is 14.6 Å². The third-order valence-corrected chi connectivity index (χ3v) is 3.63. The lowest BCUT2D eigenvalue weighted by atomic mass is 10.1. The maximum atomic E-state index is 12.2. The van der Waals surface area contributed by atoms with Crippen LogP contribution >= 0.6 is 0 Å². The number of anilines is 1. The van der Waals surface area contributed by atoms with Crippen molar-refractivity contribution in [3.63, 3.8) is 0 Å². The summed E-state index contributed by atoms with van der Waals surface area (Å²) in [6.07, 6.45) is 3.36. The van der Waals surface area contributed by atoms with E-state index < -0.39 is 0 Å². The van der Waals surface area contributed by atoms with Crippen LogP contribution in [-0.2, 0) is 16.1 Å². The minimum Gasteiger partial charge on any atom is -0.350 e. The van der Waals surface area contributed by atoms with Gasteiger partial charge in [0.15, 0.2) is 0 Å². The van der Waals surface area contributed by atoms with Crippen molar-refractivity contribution in [2.24, 2.45) is 0 Å². The number of rotatable bonds is 5. The molecule has 2 amide bonds. The summed E-state index contributed by atoms with van der Waals surface area (Å²) in [4.78, 5) is 29.7. The molecule has 1 aromatic heterocycles. The zero-order chi connectivity index (χ0) is 16.8. The van der Waals surface area contributed by atoms with Crippen molar-refractivity contribution in [2.45, 2.75) is 27.3 Å². The molecular formula is C18H21N3O2. The molecule has 23 heavy (non-hydrogen) atoms. The minimum absolute atomic E-state index is 0.00606. The van der Waals surface area contributed by atoms with Crippen LogP contribution in [0.5, 0.6) is 0 Å². The lowest BCUT2D eigenvalue weighted by Gasteiger charge is -2.24. The molecule has 1 N–H and O–H groups in total. The fourth-order valence-electron chi connectivity index (χ4n) is 2.48. The Balaban J connectivity index is 2.08. The van der Waals surface area contributed by atoms with Crippen LogP contribution < -0.4 is 10.2 Å². The molecule has 2 aromatic rings. The number of nitrogens with one attached hydrogen (secondary N) is 1. The summed E-state index contributed by atoms with van der Waals surface area (Å²) in [5.74, 6) is -0.346. The zero-order valence-corrected chi connectivity index (χ0v) is 13.7. The summed E-state index contributed by atoms with van der Waals surface area (Å²) in [5, 5.41) is 2.83. The highest BCUT2D eigenvalue weighted by Crippen LogP contribution is 2.24. The van der Waals surface area contributed by atoms with Crippen molar-refractivity contribution < 1.29 is 9.59 Å². The van der Waals surface area contributed by atoms with Crippen LogP contribution in [0.3, 0.4) is 0 Å². The number of hydrogen-bond donors (Lipinski definition) is 1. The van der Waals surface area contributed by atoms with E-state index in [2.05, 4.69) is 10.3 Å². The standard InChI is InChI=1S/C18H21N3O2/c1-13-5-4-6-14(2)18(13)21(15(3)22)12-17(23)20-11-16-7-9-19-10-8-16/h4-10H,11-12H2,1-3H3,(H,20,23). The summed E-state index contributed by atoms with van der Waals surface area (Å²) in [5.41, 5.74) is 3.72. The molecule has 0 bridgehead atoms. The van der Waals surface area contributed by atoms with Crippen LogP contribution in [0.2, 0.25) is 0 Å². The fourth-order valence-corrected chi connectivity index (χ4v) is 2.48. The molecule has 0 aliphatic rings. The molecule has 0 unspecified atom stereocenters. The lowest BCUT2D eigenvalue weighted by molar-refractivity contribution is -0.123. The first-order valence-electron chi connectivity index (χ1n) is 7.49. The van der Waals surface area contributed by atoms with Gasteiger partial charge in [-0.2, -0.15) is 0 Å². The monoisotopic (exact) mass is 311 g/mol. The van der Waals surface area contributed by atoms with Gasteiger partial charge in [-0.15, -0.1) is 0 Å². The second-order valence-corrected chi connectivity index (χ2v) is 5.48. The van der Waals surface area contributed by atoms with Gasteiger partial charge in [-0.1, -0.05) is 18.2 Å². The minimum atomic E-state index is -0.195. The highest BCUT2D eigenvalue weighted by atomic mass is 16.2. The molecule has 2 rings (SSSR count). The van der Waals surface area contributed by atoms with E-state index in [0.717, 1.165) is 22.4 Å². The number of pyridine rings is 1. The Morgan fingerprint density at radius 3 is 2.26 bits per heavy atom. The van der Waals surface area contributed by atoms with E-state index in [0.29, 0.717) is 6.54 Å². The Morgan fingerprint density at radius 2 is 1.70 bits per heavy atom. The molecule has 0 saturated carbocycles. The van der Waals surface area contributed by atoms with Crippen LogP contribution in [0.15, 0.2) is 42.7 Å². The summed E-state index contributed by atoms with van der Waals surface area (Å²) in [6, 6.07) is 9.50. The van der Waals surface area contributed by atoms with Crippen molar-refractivity contribution in [2.75, 3.05) is 11.4 Å². The first-order valence-corrected chi connectivity index (χ1v) is 7.49. The van der Waals surface area contributed by atoms with Gasteiger partial charge in [0.1, 0.15) is 6.54 Å². The number of amides is 2. The third kappa shape index (κ3) is 4.39. The predicted molar refractivity (Wildman–Crippen MR) is 90.0 cm³/mol. The van der Waals surface area contributed by atoms with Crippen LogP contribution in [0.4, 0.5) is 5.69 Å². The van der Waals surface area contributed by atoms with Gasteiger partial charge in [0.05, 0.1) is 5.69 Å². The zero-order valence-electron chi connectivity index (χ0n) is 13.7. The Bertz CT molecular complexity index is 678. The SMILES string of the molecule is CC(=O)N(CC(=O)NCc1ccncc1)c1c(C)cccc1C. The molecule has 5 nitrogen and oxygen atoms in total. The van der Waals surface area contributed by atoms with Crippen molar-refractivity contribution in [3.05, 3.63) is 59.4 Å². The molecule has 0 saturated heterocycles. The van der Waals surface area contributed by atoms with Crippen LogP contribution in [-0.4, -0.2) is 23.3 Å². The molecule has 0 spiro atoms. The quantitative estimate of drug-likeness (QED) is 0.922. The van der Waals surface area contributed by atoms with Crippen LogP contribution in [0.25, 0.3) is 0 Å². The maximum Gasteiger partial charge on any atom is 0.240 e. The topological polar surface area (TPSA) is 62.3 Å². The third-order valence-electron chi connectivity index (χ3n) is 3.63. The fraction of sp³-hybridized carbons (Fsp3) is 0.278. The lowest BCUT2D eigenvalue weighted by Crippen LogP contribution is -2.40. The number of para-hydroxylation sites is 1. The van der Waals surface area contributed by atoms with Crippen molar-refractivity contribution in [1.29, 1.82) is 0 Å². The second-order valence-electron chi connectivity index (χ2n) is 5.48. The van der Waals surface area contributed by atoms with Crippen LogP contribution in [0, 0.1) is 13.8 Å². The van der Waals surface area contributed by atoms with Gasteiger partial charge in [-0.25, -0.2) is 0 Å². The van der Waals surface area contributed by atoms with E-state index in [1.807, 2.05) is 44.2 Å². The molecule has 0 aliphatic carbocycles. The summed E-state index contributed by atoms with van der Waals surface area (Å²) < 4.78 is 0. The number of carbonyl (C=O) groups is 2. The van der Waals surface area contributed by atoms with Gasteiger partial charge >= 0.3 is 0 Å². The van der Waals surface area contributed by atoms with Gasteiger partial charge in [-0.05, 0) is 42.7 Å². The smallest absolute Gasteiger partial charge is 0.240 e. The molecular weight excluding hydrogens is 290 g/mol. The first-order chi connectivity index (χ1) is 11.0. The Hall–Kier alpha value is -2.69. The molecule has 0 fully saturated rings. The van der Waals surface area contributed by atoms with Gasteiger partial charge in [0.2, 0.25) is 11.8 Å². The molecule has 5 heteroatoms. The van der Waals surface area contributed by atoms with E-state index in [1.54, 1.807) is 12.4 Å². The normalized spacial score (nSPS) is 10.2. The average molecular weight is 311 g/mol. The number of benzene rings is 1. The van der Waals surface area contributed by atoms with Crippen molar-refractivity contribution in [1.82, 2.24) is 10.3 Å². The van der Waals surface area contributed by atoms with Crippen LogP contribution in [0.1, 0.15) is 23.6 Å². The highest BCUT2D eigenvalue weighted by molar-refractivity contribution is 5.98. The number of nitrogens with zero attached hydrogens (tertiary/aromatic N) is 2. The van der Waals surface area contributed by atoms with Gasteiger partial charge < -0.3 is 10.2 Å². The summed E-state index contributed by atoms with van der Waals surface area (Å²) >= 11 is 0. The highest BCUT2D eigenvalue weighted by Gasteiger charge is 2.19. The molecule has 1 heterocycles. The van der Waals surface area contributed by atoms with Crippen molar-refractivity contribution in [3.8, 4) is 0 Å². The number of hydrogen-bond acceptors (Lipinski definition) is 3. The van der Waals surface area contributed by atoms with Gasteiger partial charge in [0.25, 0.3) is 0 Å². The number of carbonyl (C=O) groups excluding carboxylic acids is 2. The predicted octanol–water partition coefficient (Wildman–Crippen LogP) is 2.37. The molecule has 120 valence electrons. The molecule has 0 atom stereocenters. The number of aromatic nitrogens is 1. The number of aryl methyl sites for hydroxylation is 2. The Labute approximate surface area is 136 Å². The molecule has 0 aliphatic heterocycles. The maximum absolute atomic E-state index is 12.2. The second kappa shape index (κ2) is 7.54. The van der Waals surface area contributed by atoms with E-state index in [1.165, 1.54) is 11.8 Å². The van der Waals surface area contributed by atoms with E-state index >= 15 is 0 Å². The summed E-state index contributed by atoms with van der Waals surface area (Å²) in [7, 11) is 0.